The molecule has 0 saturated carbocycles. The Labute approximate surface area is 107 Å². The Hall–Kier alpha value is -0.840. The number of aliphatic hydroxyl groups excluding tert-OH is 1. The molecule has 0 aliphatic heterocycles. The van der Waals surface area contributed by atoms with Gasteiger partial charge in [0, 0.05) is 12.6 Å². The Bertz CT molecular complexity index is 525. The summed E-state index contributed by atoms with van der Waals surface area (Å²) in [5, 5.41) is 9.78. The van der Waals surface area contributed by atoms with Crippen molar-refractivity contribution in [3.05, 3.63) is 39.6 Å². The fraction of sp³-hybridized carbons (Fsp3) is 0.182. The van der Waals surface area contributed by atoms with Gasteiger partial charge < -0.3 is 9.67 Å². The van der Waals surface area contributed by atoms with Crippen LogP contribution in [0, 0.1) is 0 Å². The molecule has 3 nitrogen and oxygen atoms in total. The first-order chi connectivity index (χ1) is 7.65. The van der Waals surface area contributed by atoms with E-state index in [0.717, 1.165) is 16.0 Å². The summed E-state index contributed by atoms with van der Waals surface area (Å²) in [5.41, 5.74) is 1.46. The molecular weight excluding hydrogens is 291 g/mol. The average molecular weight is 302 g/mol. The molecule has 84 valence electrons. The van der Waals surface area contributed by atoms with E-state index in [-0.39, 0.29) is 6.61 Å². The van der Waals surface area contributed by atoms with Crippen LogP contribution in [0.2, 0.25) is 5.02 Å². The number of aromatic nitrogens is 2. The molecule has 0 atom stereocenters. The first kappa shape index (κ1) is 11.6. The van der Waals surface area contributed by atoms with Crippen molar-refractivity contribution in [3.63, 3.8) is 0 Å². The molecule has 1 aromatic carbocycles. The van der Waals surface area contributed by atoms with Crippen LogP contribution in [0.25, 0.3) is 11.4 Å². The van der Waals surface area contributed by atoms with E-state index in [1.807, 2.05) is 35.9 Å². The lowest BCUT2D eigenvalue weighted by molar-refractivity contribution is 0.276. The highest BCUT2D eigenvalue weighted by molar-refractivity contribution is 9.10. The van der Waals surface area contributed by atoms with Crippen molar-refractivity contribution in [1.82, 2.24) is 9.55 Å². The van der Waals surface area contributed by atoms with Crippen LogP contribution in [0.4, 0.5) is 0 Å². The average Bonchev–Trinajstić information content (AvgIpc) is 2.57. The van der Waals surface area contributed by atoms with Crippen molar-refractivity contribution in [2.75, 3.05) is 0 Å². The van der Waals surface area contributed by atoms with Crippen LogP contribution in [0.5, 0.6) is 0 Å². The van der Waals surface area contributed by atoms with Gasteiger partial charge in [0.05, 0.1) is 17.3 Å². The minimum atomic E-state index is -0.0983. The van der Waals surface area contributed by atoms with Gasteiger partial charge in [0.2, 0.25) is 0 Å². The van der Waals surface area contributed by atoms with Gasteiger partial charge in [-0.15, -0.1) is 0 Å². The third-order valence-electron chi connectivity index (χ3n) is 2.36. The summed E-state index contributed by atoms with van der Waals surface area (Å²) in [5.74, 6) is 0.738. The van der Waals surface area contributed by atoms with E-state index in [1.54, 1.807) is 0 Å². The molecule has 5 heteroatoms. The summed E-state index contributed by atoms with van der Waals surface area (Å²) in [4.78, 5) is 4.34. The smallest absolute Gasteiger partial charge is 0.142 e. The summed E-state index contributed by atoms with van der Waals surface area (Å²) in [6, 6.07) is 7.50. The Morgan fingerprint density at radius 1 is 1.44 bits per heavy atom. The second-order valence-corrected chi connectivity index (χ2v) is 4.53. The number of halogens is 2. The first-order valence-electron chi connectivity index (χ1n) is 4.72. The largest absolute Gasteiger partial charge is 0.390 e. The molecule has 0 radical (unpaired) electrons. The zero-order chi connectivity index (χ0) is 11.7. The standard InChI is InChI=1S/C11H10BrClN2O/c1-15-10(12)9(6-16)14-11(15)7-4-2-3-5-8(7)13/h2-5,16H,6H2,1H3. The lowest BCUT2D eigenvalue weighted by atomic mass is 10.2. The zero-order valence-electron chi connectivity index (χ0n) is 8.61. The van der Waals surface area contributed by atoms with Gasteiger partial charge in [-0.3, -0.25) is 0 Å². The predicted molar refractivity (Wildman–Crippen MR) is 67.3 cm³/mol. The highest BCUT2D eigenvalue weighted by Gasteiger charge is 2.14. The van der Waals surface area contributed by atoms with E-state index in [4.69, 9.17) is 16.7 Å². The van der Waals surface area contributed by atoms with Crippen LogP contribution in [0.15, 0.2) is 28.9 Å². The summed E-state index contributed by atoms with van der Waals surface area (Å²) in [6.45, 7) is -0.0983. The van der Waals surface area contributed by atoms with E-state index in [2.05, 4.69) is 20.9 Å². The van der Waals surface area contributed by atoms with E-state index in [0.29, 0.717) is 10.7 Å². The molecule has 2 rings (SSSR count). The summed E-state index contributed by atoms with van der Waals surface area (Å²) in [6.07, 6.45) is 0. The molecule has 1 N–H and O–H groups in total. The van der Waals surface area contributed by atoms with Gasteiger partial charge in [-0.1, -0.05) is 23.7 Å². The first-order valence-corrected chi connectivity index (χ1v) is 5.89. The number of aliphatic hydroxyl groups is 1. The zero-order valence-corrected chi connectivity index (χ0v) is 11.0. The van der Waals surface area contributed by atoms with E-state index >= 15 is 0 Å². The maximum Gasteiger partial charge on any atom is 0.142 e. The van der Waals surface area contributed by atoms with Gasteiger partial charge in [0.1, 0.15) is 10.4 Å². The van der Waals surface area contributed by atoms with Crippen LogP contribution in [-0.2, 0) is 13.7 Å². The second kappa shape index (κ2) is 4.57. The molecule has 0 bridgehead atoms. The lowest BCUT2D eigenvalue weighted by Gasteiger charge is -2.04. The molecule has 1 heterocycles. The summed E-state index contributed by atoms with van der Waals surface area (Å²) in [7, 11) is 1.87. The third-order valence-corrected chi connectivity index (χ3v) is 3.67. The number of benzene rings is 1. The maximum absolute atomic E-state index is 9.13. The van der Waals surface area contributed by atoms with Gasteiger partial charge in [0.15, 0.2) is 0 Å². The number of nitrogens with zero attached hydrogens (tertiary/aromatic N) is 2. The Balaban J connectivity index is 2.61. The number of hydrogen-bond acceptors (Lipinski definition) is 2. The second-order valence-electron chi connectivity index (χ2n) is 3.37. The molecule has 0 fully saturated rings. The molecule has 2 aromatic rings. The molecule has 0 aliphatic rings. The molecule has 0 amide bonds. The van der Waals surface area contributed by atoms with Gasteiger partial charge >= 0.3 is 0 Å². The predicted octanol–water partition coefficient (Wildman–Crippen LogP) is 3.00. The summed E-state index contributed by atoms with van der Waals surface area (Å²) < 4.78 is 2.62. The highest BCUT2D eigenvalue weighted by Crippen LogP contribution is 2.29. The van der Waals surface area contributed by atoms with Crippen LogP contribution in [0.3, 0.4) is 0 Å². The fourth-order valence-electron chi connectivity index (χ4n) is 1.52. The van der Waals surface area contributed by atoms with E-state index in [9.17, 15) is 0 Å². The normalized spacial score (nSPS) is 10.8. The van der Waals surface area contributed by atoms with Gasteiger partial charge in [0.25, 0.3) is 0 Å². The van der Waals surface area contributed by atoms with Crippen molar-refractivity contribution in [1.29, 1.82) is 0 Å². The van der Waals surface area contributed by atoms with Gasteiger partial charge in [-0.05, 0) is 28.1 Å². The number of hydrogen-bond donors (Lipinski definition) is 1. The molecule has 0 saturated heterocycles. The third kappa shape index (κ3) is 1.88. The van der Waals surface area contributed by atoms with Gasteiger partial charge in [-0.2, -0.15) is 0 Å². The monoisotopic (exact) mass is 300 g/mol. The topological polar surface area (TPSA) is 38.0 Å². The van der Waals surface area contributed by atoms with Crippen molar-refractivity contribution in [2.24, 2.45) is 7.05 Å². The lowest BCUT2D eigenvalue weighted by Crippen LogP contribution is -1.93. The number of imidazole rings is 1. The highest BCUT2D eigenvalue weighted by atomic mass is 79.9. The van der Waals surface area contributed by atoms with Crippen LogP contribution in [0.1, 0.15) is 5.69 Å². The Morgan fingerprint density at radius 3 is 2.69 bits per heavy atom. The van der Waals surface area contributed by atoms with Crippen molar-refractivity contribution >= 4 is 27.5 Å². The minimum Gasteiger partial charge on any atom is -0.390 e. The minimum absolute atomic E-state index is 0.0983. The van der Waals surface area contributed by atoms with Gasteiger partial charge in [-0.25, -0.2) is 4.98 Å². The molecule has 0 unspecified atom stereocenters. The van der Waals surface area contributed by atoms with E-state index < -0.39 is 0 Å². The van der Waals surface area contributed by atoms with Crippen LogP contribution < -0.4 is 0 Å². The fourth-order valence-corrected chi connectivity index (χ4v) is 2.12. The summed E-state index contributed by atoms with van der Waals surface area (Å²) >= 11 is 9.48. The maximum atomic E-state index is 9.13. The van der Waals surface area contributed by atoms with Crippen LogP contribution in [-0.4, -0.2) is 14.7 Å². The van der Waals surface area contributed by atoms with Crippen LogP contribution >= 0.6 is 27.5 Å². The van der Waals surface area contributed by atoms with Crippen molar-refractivity contribution in [2.45, 2.75) is 6.61 Å². The number of rotatable bonds is 2. The van der Waals surface area contributed by atoms with Crippen molar-refractivity contribution < 1.29 is 5.11 Å². The quantitative estimate of drug-likeness (QED) is 0.926. The molecule has 0 spiro atoms. The molecular formula is C11H10BrClN2O. The molecule has 1 aromatic heterocycles. The SMILES string of the molecule is Cn1c(-c2ccccc2Cl)nc(CO)c1Br. The Kier molecular flexibility index (Phi) is 3.33. The Morgan fingerprint density at radius 2 is 2.12 bits per heavy atom. The van der Waals surface area contributed by atoms with Crippen molar-refractivity contribution in [3.8, 4) is 11.4 Å². The van der Waals surface area contributed by atoms with E-state index in [1.165, 1.54) is 0 Å². The molecule has 0 aliphatic carbocycles. The molecule has 16 heavy (non-hydrogen) atoms.